The van der Waals surface area contributed by atoms with E-state index in [1.54, 1.807) is 0 Å². The fraction of sp³-hybridized carbons (Fsp3) is 0.900. The highest BCUT2D eigenvalue weighted by Gasteiger charge is 2.28. The molecule has 0 aromatic carbocycles. The highest BCUT2D eigenvalue weighted by molar-refractivity contribution is 5.66. The first-order valence-electron chi connectivity index (χ1n) is 5.42. The van der Waals surface area contributed by atoms with Gasteiger partial charge in [0.05, 0.1) is 0 Å². The zero-order valence-corrected chi connectivity index (χ0v) is 9.24. The molecule has 0 rings (SSSR count). The number of nitrogens with two attached hydrogens (primary N) is 3. The van der Waals surface area contributed by atoms with Gasteiger partial charge in [0.25, 0.3) is 0 Å². The number of carboxylic acids is 1. The standard InChI is InChI=1S/C10H23N3O2/c11-6-3-10(4-7-12,5-8-13)2-1-9(14)15/h1-8,11-13H2,(H,14,15). The minimum atomic E-state index is -0.773. The molecule has 0 fully saturated rings. The van der Waals surface area contributed by atoms with Crippen LogP contribution in [0.4, 0.5) is 0 Å². The maximum absolute atomic E-state index is 10.6. The van der Waals surface area contributed by atoms with Crippen molar-refractivity contribution in [1.29, 1.82) is 0 Å². The lowest BCUT2D eigenvalue weighted by atomic mass is 9.74. The van der Waals surface area contributed by atoms with Crippen LogP contribution in [0.2, 0.25) is 0 Å². The van der Waals surface area contributed by atoms with Crippen LogP contribution in [0.5, 0.6) is 0 Å². The summed E-state index contributed by atoms with van der Waals surface area (Å²) in [5.41, 5.74) is 16.6. The lowest BCUT2D eigenvalue weighted by molar-refractivity contribution is -0.137. The summed E-state index contributed by atoms with van der Waals surface area (Å²) in [6.45, 7) is 1.67. The average molecular weight is 217 g/mol. The third-order valence-electron chi connectivity index (χ3n) is 2.89. The topological polar surface area (TPSA) is 115 Å². The molecule has 0 atom stereocenters. The summed E-state index contributed by atoms with van der Waals surface area (Å²) in [6.07, 6.45) is 3.19. The van der Waals surface area contributed by atoms with Crippen LogP contribution in [-0.2, 0) is 4.79 Å². The van der Waals surface area contributed by atoms with Crippen LogP contribution >= 0.6 is 0 Å². The van der Waals surface area contributed by atoms with Gasteiger partial charge in [0.2, 0.25) is 0 Å². The maximum atomic E-state index is 10.6. The van der Waals surface area contributed by atoms with Crippen molar-refractivity contribution in [2.24, 2.45) is 22.6 Å². The van der Waals surface area contributed by atoms with Crippen LogP contribution in [-0.4, -0.2) is 30.7 Å². The summed E-state index contributed by atoms with van der Waals surface area (Å²) < 4.78 is 0. The van der Waals surface area contributed by atoms with E-state index in [1.165, 1.54) is 0 Å². The molecule has 0 saturated heterocycles. The molecule has 0 spiro atoms. The summed E-state index contributed by atoms with van der Waals surface area (Å²) in [6, 6.07) is 0. The van der Waals surface area contributed by atoms with Gasteiger partial charge in [-0.2, -0.15) is 0 Å². The average Bonchev–Trinajstić information content (AvgIpc) is 2.16. The van der Waals surface area contributed by atoms with Crippen molar-refractivity contribution in [3.8, 4) is 0 Å². The molecule has 0 unspecified atom stereocenters. The lowest BCUT2D eigenvalue weighted by Crippen LogP contribution is -2.31. The van der Waals surface area contributed by atoms with E-state index in [2.05, 4.69) is 0 Å². The monoisotopic (exact) mass is 217 g/mol. The maximum Gasteiger partial charge on any atom is 0.303 e. The first kappa shape index (κ1) is 14.3. The largest absolute Gasteiger partial charge is 0.481 e. The number of hydrogen-bond acceptors (Lipinski definition) is 4. The van der Waals surface area contributed by atoms with Crippen LogP contribution in [0.1, 0.15) is 32.1 Å². The molecule has 0 saturated carbocycles. The predicted molar refractivity (Wildman–Crippen MR) is 60.3 cm³/mol. The molecule has 0 aliphatic rings. The number of hydrogen-bond donors (Lipinski definition) is 4. The van der Waals surface area contributed by atoms with Gasteiger partial charge in [-0.15, -0.1) is 0 Å². The van der Waals surface area contributed by atoms with Gasteiger partial charge in [-0.3, -0.25) is 4.79 Å². The fourth-order valence-electron chi connectivity index (χ4n) is 2.04. The van der Waals surface area contributed by atoms with Gasteiger partial charge in [-0.25, -0.2) is 0 Å². The molecule has 0 aromatic heterocycles. The molecule has 15 heavy (non-hydrogen) atoms. The second-order valence-electron chi connectivity index (χ2n) is 4.01. The molecular formula is C10H23N3O2. The molecule has 0 bridgehead atoms. The molecule has 0 aliphatic heterocycles. The van der Waals surface area contributed by atoms with Gasteiger partial charge in [-0.1, -0.05) is 0 Å². The van der Waals surface area contributed by atoms with Gasteiger partial charge >= 0.3 is 5.97 Å². The van der Waals surface area contributed by atoms with E-state index >= 15 is 0 Å². The summed E-state index contributed by atoms with van der Waals surface area (Å²) in [5.74, 6) is -0.773. The van der Waals surface area contributed by atoms with Gasteiger partial charge in [-0.05, 0) is 50.7 Å². The molecule has 0 heterocycles. The van der Waals surface area contributed by atoms with Crippen molar-refractivity contribution >= 4 is 5.97 Å². The number of carboxylic acid groups (broad SMARTS) is 1. The molecule has 0 aromatic rings. The third kappa shape index (κ3) is 5.71. The van der Waals surface area contributed by atoms with E-state index in [4.69, 9.17) is 22.3 Å². The van der Waals surface area contributed by atoms with Gasteiger partial charge in [0.1, 0.15) is 0 Å². The van der Waals surface area contributed by atoms with Crippen molar-refractivity contribution in [1.82, 2.24) is 0 Å². The molecule has 0 amide bonds. The van der Waals surface area contributed by atoms with Crippen molar-refractivity contribution in [3.63, 3.8) is 0 Å². The Morgan fingerprint density at radius 2 is 1.33 bits per heavy atom. The number of rotatable bonds is 9. The van der Waals surface area contributed by atoms with Gasteiger partial charge < -0.3 is 22.3 Å². The molecule has 90 valence electrons. The van der Waals surface area contributed by atoms with E-state index in [0.29, 0.717) is 26.1 Å². The zero-order chi connectivity index (χ0) is 11.7. The second-order valence-corrected chi connectivity index (χ2v) is 4.01. The van der Waals surface area contributed by atoms with Gasteiger partial charge in [0.15, 0.2) is 0 Å². The second kappa shape index (κ2) is 7.62. The molecular weight excluding hydrogens is 194 g/mol. The Bertz CT molecular complexity index is 168. The molecule has 5 nitrogen and oxygen atoms in total. The quantitative estimate of drug-likeness (QED) is 0.430. The highest BCUT2D eigenvalue weighted by Crippen LogP contribution is 2.34. The van der Waals surface area contributed by atoms with E-state index in [-0.39, 0.29) is 11.8 Å². The normalized spacial score (nSPS) is 11.7. The fourth-order valence-corrected chi connectivity index (χ4v) is 2.04. The summed E-state index contributed by atoms with van der Waals surface area (Å²) in [7, 11) is 0. The van der Waals surface area contributed by atoms with Crippen LogP contribution < -0.4 is 17.2 Å². The van der Waals surface area contributed by atoms with E-state index in [1.807, 2.05) is 0 Å². The van der Waals surface area contributed by atoms with Crippen molar-refractivity contribution in [2.75, 3.05) is 19.6 Å². The summed E-state index contributed by atoms with van der Waals surface area (Å²) >= 11 is 0. The Hall–Kier alpha value is -0.650. The summed E-state index contributed by atoms with van der Waals surface area (Å²) in [4.78, 5) is 10.6. The summed E-state index contributed by atoms with van der Waals surface area (Å²) in [5, 5.41) is 8.69. The van der Waals surface area contributed by atoms with Crippen molar-refractivity contribution in [2.45, 2.75) is 32.1 Å². The van der Waals surface area contributed by atoms with Crippen molar-refractivity contribution < 1.29 is 9.90 Å². The van der Waals surface area contributed by atoms with Gasteiger partial charge in [0, 0.05) is 6.42 Å². The van der Waals surface area contributed by atoms with Crippen LogP contribution in [0.3, 0.4) is 0 Å². The predicted octanol–water partition coefficient (Wildman–Crippen LogP) is -0.116. The Kier molecular flexibility index (Phi) is 7.29. The van der Waals surface area contributed by atoms with E-state index in [9.17, 15) is 4.79 Å². The molecule has 0 aliphatic carbocycles. The van der Waals surface area contributed by atoms with Crippen LogP contribution in [0.25, 0.3) is 0 Å². The first-order chi connectivity index (χ1) is 7.10. The molecule has 0 radical (unpaired) electrons. The minimum Gasteiger partial charge on any atom is -0.481 e. The van der Waals surface area contributed by atoms with Crippen LogP contribution in [0.15, 0.2) is 0 Å². The van der Waals surface area contributed by atoms with Crippen LogP contribution in [0, 0.1) is 5.41 Å². The molecule has 7 N–H and O–H groups in total. The smallest absolute Gasteiger partial charge is 0.303 e. The lowest BCUT2D eigenvalue weighted by Gasteiger charge is -2.32. The first-order valence-corrected chi connectivity index (χ1v) is 5.42. The number of aliphatic carboxylic acids is 1. The highest BCUT2D eigenvalue weighted by atomic mass is 16.4. The minimum absolute atomic E-state index is 0.0728. The van der Waals surface area contributed by atoms with Crippen molar-refractivity contribution in [3.05, 3.63) is 0 Å². The SMILES string of the molecule is NCCC(CCN)(CCN)CCC(=O)O. The van der Waals surface area contributed by atoms with E-state index < -0.39 is 5.97 Å². The zero-order valence-electron chi connectivity index (χ0n) is 9.24. The molecule has 5 heteroatoms. The third-order valence-corrected chi connectivity index (χ3v) is 2.89. The Balaban J connectivity index is 4.37. The Morgan fingerprint density at radius 1 is 0.933 bits per heavy atom. The van der Waals surface area contributed by atoms with E-state index in [0.717, 1.165) is 19.3 Å². The Morgan fingerprint density at radius 3 is 1.60 bits per heavy atom. The number of carbonyl (C=O) groups is 1. The Labute approximate surface area is 91.0 Å².